The highest BCUT2D eigenvalue weighted by atomic mass is 19.1. The predicted molar refractivity (Wildman–Crippen MR) is 167 cm³/mol. The van der Waals surface area contributed by atoms with Crippen LogP contribution in [0.1, 0.15) is 70.5 Å². The van der Waals surface area contributed by atoms with Crippen molar-refractivity contribution in [1.82, 2.24) is 15.5 Å². The van der Waals surface area contributed by atoms with E-state index in [1.807, 2.05) is 44.2 Å². The van der Waals surface area contributed by atoms with Gasteiger partial charge in [0.1, 0.15) is 17.7 Å². The maximum absolute atomic E-state index is 14.0. The van der Waals surface area contributed by atoms with Gasteiger partial charge in [-0.2, -0.15) is 0 Å². The van der Waals surface area contributed by atoms with Gasteiger partial charge in [0.05, 0.1) is 12.7 Å². The van der Waals surface area contributed by atoms with Gasteiger partial charge in [-0.3, -0.25) is 9.59 Å². The molecule has 0 spiro atoms. The number of aliphatic hydroxyl groups excluding tert-OH is 1. The molecule has 1 aliphatic rings. The van der Waals surface area contributed by atoms with Gasteiger partial charge < -0.3 is 25.4 Å². The van der Waals surface area contributed by atoms with E-state index < -0.39 is 29.7 Å². The zero-order valence-electron chi connectivity index (χ0n) is 25.5. The maximum atomic E-state index is 14.0. The van der Waals surface area contributed by atoms with Crippen molar-refractivity contribution in [2.45, 2.75) is 64.9 Å². The lowest BCUT2D eigenvalue weighted by atomic mass is 10.0. The molecule has 1 aliphatic heterocycles. The minimum absolute atomic E-state index is 0.0641. The maximum Gasteiger partial charge on any atom is 0.255 e. The second-order valence-corrected chi connectivity index (χ2v) is 11.3. The molecule has 0 unspecified atom stereocenters. The summed E-state index contributed by atoms with van der Waals surface area (Å²) in [6.07, 6.45) is 2.02. The molecule has 1 heterocycles. The van der Waals surface area contributed by atoms with Crippen LogP contribution >= 0.6 is 0 Å². The van der Waals surface area contributed by atoms with E-state index in [1.165, 1.54) is 12.1 Å². The Morgan fingerprint density at radius 2 is 1.68 bits per heavy atom. The van der Waals surface area contributed by atoms with E-state index in [0.29, 0.717) is 38.2 Å². The summed E-state index contributed by atoms with van der Waals surface area (Å²) in [6.45, 7) is 7.93. The average Bonchev–Trinajstić information content (AvgIpc) is 3.47. The molecule has 3 N–H and O–H groups in total. The number of halogens is 2. The summed E-state index contributed by atoms with van der Waals surface area (Å²) in [5.41, 5.74) is 2.58. The van der Waals surface area contributed by atoms with Gasteiger partial charge in [-0.1, -0.05) is 44.2 Å². The third-order valence-corrected chi connectivity index (χ3v) is 7.48. The fourth-order valence-corrected chi connectivity index (χ4v) is 5.42. The fraction of sp³-hybridized carbons (Fsp3) is 0.371. The first kappa shape index (κ1) is 33.0. The third-order valence-electron chi connectivity index (χ3n) is 7.48. The van der Waals surface area contributed by atoms with Gasteiger partial charge in [-0.15, -0.1) is 0 Å². The SMILES string of the molecule is CCCN(CCC)C(=O)c1cc(C)cc(C(=O)N/C(=C\c2cc(F)cc(F)c2)[C@H](O)[C@H]2C[C@@H](OCc3ccccc3)CN2)c1. The van der Waals surface area contributed by atoms with Crippen LogP contribution in [0.3, 0.4) is 0 Å². The third kappa shape index (κ3) is 9.05. The number of aliphatic hydroxyl groups is 1. The van der Waals surface area contributed by atoms with Crippen molar-refractivity contribution in [3.8, 4) is 0 Å². The van der Waals surface area contributed by atoms with Crippen molar-refractivity contribution in [2.75, 3.05) is 19.6 Å². The van der Waals surface area contributed by atoms with Gasteiger partial charge in [-0.05, 0) is 79.3 Å². The lowest BCUT2D eigenvalue weighted by molar-refractivity contribution is 0.0486. The minimum Gasteiger partial charge on any atom is -0.385 e. The van der Waals surface area contributed by atoms with Gasteiger partial charge in [0.15, 0.2) is 0 Å². The fourth-order valence-electron chi connectivity index (χ4n) is 5.42. The molecule has 9 heteroatoms. The van der Waals surface area contributed by atoms with E-state index in [-0.39, 0.29) is 28.8 Å². The number of carbonyl (C=O) groups excluding carboxylic acids is 2. The van der Waals surface area contributed by atoms with Crippen molar-refractivity contribution >= 4 is 17.9 Å². The first-order valence-electron chi connectivity index (χ1n) is 15.1. The second-order valence-electron chi connectivity index (χ2n) is 11.3. The van der Waals surface area contributed by atoms with Crippen LogP contribution in [0.4, 0.5) is 8.78 Å². The quantitative estimate of drug-likeness (QED) is 0.236. The van der Waals surface area contributed by atoms with Crippen LogP contribution in [0.2, 0.25) is 0 Å². The molecule has 1 fully saturated rings. The molecule has 0 bridgehead atoms. The molecule has 3 aromatic carbocycles. The Morgan fingerprint density at radius 3 is 2.34 bits per heavy atom. The molecule has 7 nitrogen and oxygen atoms in total. The van der Waals surface area contributed by atoms with Crippen molar-refractivity contribution in [3.63, 3.8) is 0 Å². The smallest absolute Gasteiger partial charge is 0.255 e. The van der Waals surface area contributed by atoms with E-state index in [2.05, 4.69) is 10.6 Å². The zero-order valence-corrected chi connectivity index (χ0v) is 25.5. The highest BCUT2D eigenvalue weighted by Gasteiger charge is 2.33. The topological polar surface area (TPSA) is 90.9 Å². The number of nitrogens with one attached hydrogen (secondary N) is 2. The average molecular weight is 606 g/mol. The minimum atomic E-state index is -1.23. The summed E-state index contributed by atoms with van der Waals surface area (Å²) in [6, 6.07) is 17.2. The predicted octanol–water partition coefficient (Wildman–Crippen LogP) is 5.61. The van der Waals surface area contributed by atoms with Crippen LogP contribution in [0, 0.1) is 18.6 Å². The molecule has 2 amide bonds. The standard InChI is InChI=1S/C35H41F2N3O4/c1-4-11-40(12-5-2)35(43)27-14-23(3)13-26(18-27)34(42)39-32(17-25-15-28(36)19-29(37)16-25)33(41)31-20-30(21-38-31)44-22-24-9-7-6-8-10-24/h6-10,13-19,30-31,33,38,41H,4-5,11-12,20-22H2,1-3H3,(H,39,42)/b32-17-/t30-,31-,33-/m1/s1. The van der Waals surface area contributed by atoms with E-state index in [1.54, 1.807) is 24.0 Å². The largest absolute Gasteiger partial charge is 0.385 e. The lowest BCUT2D eigenvalue weighted by Gasteiger charge is -2.23. The van der Waals surface area contributed by atoms with Gasteiger partial charge in [0.2, 0.25) is 0 Å². The monoisotopic (exact) mass is 605 g/mol. The van der Waals surface area contributed by atoms with Gasteiger partial charge in [0, 0.05) is 48.6 Å². The van der Waals surface area contributed by atoms with Crippen LogP contribution in [0.25, 0.3) is 6.08 Å². The Hall–Kier alpha value is -3.92. The molecule has 44 heavy (non-hydrogen) atoms. The summed E-state index contributed by atoms with van der Waals surface area (Å²) in [5.74, 6) is -2.28. The highest BCUT2D eigenvalue weighted by molar-refractivity contribution is 6.00. The van der Waals surface area contributed by atoms with Crippen molar-refractivity contribution < 1.29 is 28.2 Å². The summed E-state index contributed by atoms with van der Waals surface area (Å²) < 4.78 is 34.1. The number of amides is 2. The molecule has 4 rings (SSSR count). The molecule has 0 aromatic heterocycles. The number of nitrogens with zero attached hydrogens (tertiary/aromatic N) is 1. The molecular formula is C35H41F2N3O4. The normalized spacial score (nSPS) is 17.4. The number of aryl methyl sites for hydroxylation is 1. The van der Waals surface area contributed by atoms with Crippen molar-refractivity contribution in [3.05, 3.63) is 112 Å². The van der Waals surface area contributed by atoms with E-state index in [0.717, 1.165) is 42.2 Å². The Balaban J connectivity index is 1.56. The number of rotatable bonds is 13. The summed E-state index contributed by atoms with van der Waals surface area (Å²) in [5, 5.41) is 17.5. The first-order valence-corrected chi connectivity index (χ1v) is 15.1. The molecule has 0 saturated carbocycles. The number of hydrogen-bond acceptors (Lipinski definition) is 5. The van der Waals surface area contributed by atoms with Crippen molar-refractivity contribution in [1.29, 1.82) is 0 Å². The molecule has 0 radical (unpaired) electrons. The highest BCUT2D eigenvalue weighted by Crippen LogP contribution is 2.22. The van der Waals surface area contributed by atoms with Crippen LogP contribution in [-0.2, 0) is 11.3 Å². The molecule has 3 aromatic rings. The van der Waals surface area contributed by atoms with E-state index >= 15 is 0 Å². The second kappa shape index (κ2) is 15.7. The number of ether oxygens (including phenoxy) is 1. The lowest BCUT2D eigenvalue weighted by Crippen LogP contribution is -2.41. The van der Waals surface area contributed by atoms with Crippen LogP contribution in [-0.4, -0.2) is 59.7 Å². The number of hydrogen-bond donors (Lipinski definition) is 3. The molecule has 3 atom stereocenters. The van der Waals surface area contributed by atoms with Crippen LogP contribution < -0.4 is 10.6 Å². The summed E-state index contributed by atoms with van der Waals surface area (Å²) in [4.78, 5) is 28.6. The Labute approximate surface area is 257 Å². The number of carbonyl (C=O) groups is 2. The van der Waals surface area contributed by atoms with E-state index in [4.69, 9.17) is 4.74 Å². The van der Waals surface area contributed by atoms with Crippen LogP contribution in [0.15, 0.2) is 72.4 Å². The Kier molecular flexibility index (Phi) is 11.8. The Morgan fingerprint density at radius 1 is 1.02 bits per heavy atom. The Bertz CT molecular complexity index is 1440. The summed E-state index contributed by atoms with van der Waals surface area (Å²) >= 11 is 0. The molecule has 1 saturated heterocycles. The first-order chi connectivity index (χ1) is 21.2. The van der Waals surface area contributed by atoms with Gasteiger partial charge >= 0.3 is 0 Å². The van der Waals surface area contributed by atoms with Gasteiger partial charge in [0.25, 0.3) is 11.8 Å². The molecular weight excluding hydrogens is 564 g/mol. The summed E-state index contributed by atoms with van der Waals surface area (Å²) in [7, 11) is 0. The van der Waals surface area contributed by atoms with Gasteiger partial charge in [-0.25, -0.2) is 8.78 Å². The molecule has 0 aliphatic carbocycles. The van der Waals surface area contributed by atoms with Crippen molar-refractivity contribution in [2.24, 2.45) is 0 Å². The van der Waals surface area contributed by atoms with E-state index in [9.17, 15) is 23.5 Å². The number of benzene rings is 3. The zero-order chi connectivity index (χ0) is 31.6. The van der Waals surface area contributed by atoms with Crippen LogP contribution in [0.5, 0.6) is 0 Å². The molecule has 234 valence electrons.